The Morgan fingerprint density at radius 1 is 1.07 bits per heavy atom. The van der Waals surface area contributed by atoms with Gasteiger partial charge in [0.05, 0.1) is 11.1 Å². The van der Waals surface area contributed by atoms with Crippen LogP contribution in [0.4, 0.5) is 0 Å². The van der Waals surface area contributed by atoms with Crippen LogP contribution in [-0.2, 0) is 0 Å². The predicted octanol–water partition coefficient (Wildman–Crippen LogP) is 3.06. The molecule has 0 aliphatic rings. The van der Waals surface area contributed by atoms with Crippen LogP contribution in [0.2, 0.25) is 0 Å². The molecule has 0 saturated carbocycles. The zero-order chi connectivity index (χ0) is 11.0. The van der Waals surface area contributed by atoms with Crippen molar-refractivity contribution in [3.63, 3.8) is 0 Å². The summed E-state index contributed by atoms with van der Waals surface area (Å²) in [5, 5.41) is 0. The van der Waals surface area contributed by atoms with Gasteiger partial charge in [0.1, 0.15) is 11.2 Å². The molecule has 78 valence electrons. The quantitative estimate of drug-likeness (QED) is 0.719. The molecule has 0 unspecified atom stereocenters. The third-order valence-electron chi connectivity index (χ3n) is 2.53. The van der Waals surface area contributed by atoms with Crippen molar-refractivity contribution < 1.29 is 14.0 Å². The van der Waals surface area contributed by atoms with Gasteiger partial charge in [-0.1, -0.05) is 13.8 Å². The number of Topliss-reactive ketones (excluding diaryl/α,β-unsaturated/α-hetero) is 2. The van der Waals surface area contributed by atoms with E-state index < -0.39 is 0 Å². The summed E-state index contributed by atoms with van der Waals surface area (Å²) in [5.74, 6) is 0.0454. The van der Waals surface area contributed by atoms with Gasteiger partial charge in [-0.05, 0) is 12.1 Å². The fraction of sp³-hybridized carbons (Fsp3) is 0.333. The van der Waals surface area contributed by atoms with E-state index in [0.717, 1.165) is 0 Å². The van der Waals surface area contributed by atoms with Gasteiger partial charge in [0.15, 0.2) is 11.6 Å². The summed E-state index contributed by atoms with van der Waals surface area (Å²) in [7, 11) is 0. The lowest BCUT2D eigenvalue weighted by molar-refractivity contribution is 0.0987. The Kier molecular flexibility index (Phi) is 2.31. The lowest BCUT2D eigenvalue weighted by Crippen LogP contribution is -2.00. The molecule has 0 aromatic carbocycles. The van der Waals surface area contributed by atoms with Crippen molar-refractivity contribution in [1.82, 2.24) is 0 Å². The minimum Gasteiger partial charge on any atom is -0.456 e. The van der Waals surface area contributed by atoms with Crippen LogP contribution >= 0.6 is 0 Å². The van der Waals surface area contributed by atoms with Crippen molar-refractivity contribution in [3.05, 3.63) is 23.3 Å². The van der Waals surface area contributed by atoms with Crippen molar-refractivity contribution in [1.29, 1.82) is 0 Å². The molecule has 0 atom stereocenters. The van der Waals surface area contributed by atoms with Crippen molar-refractivity contribution in [2.24, 2.45) is 0 Å². The Hall–Kier alpha value is -1.64. The fourth-order valence-corrected chi connectivity index (χ4v) is 1.68. The molecule has 0 aliphatic carbocycles. The zero-order valence-electron chi connectivity index (χ0n) is 8.79. The summed E-state index contributed by atoms with van der Waals surface area (Å²) in [6.07, 6.45) is 0.860. The molecule has 2 aromatic heterocycles. The Bertz CT molecular complexity index is 467. The number of carbonyl (C=O) groups is 2. The lowest BCUT2D eigenvalue weighted by atomic mass is 10.0. The molecule has 0 radical (unpaired) electrons. The average molecular weight is 204 g/mol. The van der Waals surface area contributed by atoms with E-state index in [-0.39, 0.29) is 11.6 Å². The number of benzene rings is 1. The third-order valence-corrected chi connectivity index (χ3v) is 2.53. The van der Waals surface area contributed by atoms with Gasteiger partial charge < -0.3 is 4.42 Å². The van der Waals surface area contributed by atoms with Crippen LogP contribution in [0.5, 0.6) is 0 Å². The molecule has 2 aromatic rings. The number of rotatable bonds is 4. The van der Waals surface area contributed by atoms with E-state index in [0.29, 0.717) is 35.1 Å². The monoisotopic (exact) mass is 204 g/mol. The Labute approximate surface area is 87.4 Å². The normalized spacial score (nSPS) is 11.1. The SMILES string of the molecule is CCC(=O)c1cc2cc(C(=O)CC)c1o2. The van der Waals surface area contributed by atoms with Crippen LogP contribution in [-0.4, -0.2) is 11.6 Å². The highest BCUT2D eigenvalue weighted by molar-refractivity contribution is 6.12. The second-order valence-corrected chi connectivity index (χ2v) is 3.50. The molecule has 0 aliphatic heterocycles. The highest BCUT2D eigenvalue weighted by Crippen LogP contribution is 2.29. The molecular weight excluding hydrogens is 192 g/mol. The highest BCUT2D eigenvalue weighted by Gasteiger charge is 2.21. The molecular formula is C12H12O3. The number of ketones is 2. The smallest absolute Gasteiger partial charge is 0.166 e. The number of hydrogen-bond donors (Lipinski definition) is 0. The van der Waals surface area contributed by atoms with Gasteiger partial charge in [-0.2, -0.15) is 0 Å². The van der Waals surface area contributed by atoms with Gasteiger partial charge in [0.25, 0.3) is 0 Å². The van der Waals surface area contributed by atoms with E-state index in [2.05, 4.69) is 0 Å². The molecule has 2 rings (SSSR count). The zero-order valence-corrected chi connectivity index (χ0v) is 8.79. The third kappa shape index (κ3) is 1.44. The second kappa shape index (κ2) is 3.50. The van der Waals surface area contributed by atoms with Crippen LogP contribution in [0.15, 0.2) is 16.5 Å². The van der Waals surface area contributed by atoms with Crippen LogP contribution in [0.1, 0.15) is 47.4 Å². The van der Waals surface area contributed by atoms with Crippen molar-refractivity contribution >= 4 is 22.7 Å². The van der Waals surface area contributed by atoms with Gasteiger partial charge in [0.2, 0.25) is 0 Å². The average Bonchev–Trinajstić information content (AvgIpc) is 2.85. The molecule has 0 amide bonds. The minimum absolute atomic E-state index is 0.0227. The predicted molar refractivity (Wildman–Crippen MR) is 56.6 cm³/mol. The first-order valence-corrected chi connectivity index (χ1v) is 5.09. The summed E-state index contributed by atoms with van der Waals surface area (Å²) in [5.41, 5.74) is 2.17. The maximum Gasteiger partial charge on any atom is 0.166 e. The van der Waals surface area contributed by atoms with Gasteiger partial charge in [-0.3, -0.25) is 9.59 Å². The first kappa shape index (κ1) is 9.90. The van der Waals surface area contributed by atoms with Crippen molar-refractivity contribution in [3.8, 4) is 0 Å². The van der Waals surface area contributed by atoms with Crippen LogP contribution < -0.4 is 0 Å². The number of carbonyl (C=O) groups excluding carboxylic acids is 2. The van der Waals surface area contributed by atoms with Gasteiger partial charge >= 0.3 is 0 Å². The van der Waals surface area contributed by atoms with E-state index in [4.69, 9.17) is 4.42 Å². The molecule has 3 heteroatoms. The molecule has 15 heavy (non-hydrogen) atoms. The maximum absolute atomic E-state index is 11.5. The first-order chi connectivity index (χ1) is 7.17. The molecule has 0 fully saturated rings. The maximum atomic E-state index is 11.5. The van der Waals surface area contributed by atoms with Crippen LogP contribution in [0.3, 0.4) is 0 Å². The summed E-state index contributed by atoms with van der Waals surface area (Å²) in [4.78, 5) is 23.1. The van der Waals surface area contributed by atoms with Gasteiger partial charge in [0, 0.05) is 12.8 Å². The molecule has 3 nitrogen and oxygen atoms in total. The molecule has 2 bridgehead atoms. The summed E-state index contributed by atoms with van der Waals surface area (Å²) in [6.45, 7) is 3.59. The lowest BCUT2D eigenvalue weighted by Gasteiger charge is -1.97. The van der Waals surface area contributed by atoms with E-state index >= 15 is 0 Å². The Morgan fingerprint density at radius 2 is 1.53 bits per heavy atom. The van der Waals surface area contributed by atoms with Gasteiger partial charge in [-0.25, -0.2) is 0 Å². The summed E-state index contributed by atoms with van der Waals surface area (Å²) < 4.78 is 5.35. The van der Waals surface area contributed by atoms with E-state index in [1.165, 1.54) is 0 Å². The fourth-order valence-electron chi connectivity index (χ4n) is 1.68. The molecule has 0 saturated heterocycles. The number of fused-ring (bicyclic) bond motifs is 2. The van der Waals surface area contributed by atoms with Crippen molar-refractivity contribution in [2.45, 2.75) is 26.7 Å². The topological polar surface area (TPSA) is 47.3 Å². The van der Waals surface area contributed by atoms with Crippen LogP contribution in [0, 0.1) is 0 Å². The Balaban J connectivity index is 2.53. The largest absolute Gasteiger partial charge is 0.456 e. The second-order valence-electron chi connectivity index (χ2n) is 3.50. The molecule has 0 N–H and O–H groups in total. The van der Waals surface area contributed by atoms with Crippen LogP contribution in [0.25, 0.3) is 11.2 Å². The number of furan rings is 2. The summed E-state index contributed by atoms with van der Waals surface area (Å²) in [6, 6.07) is 3.40. The molecule has 0 spiro atoms. The van der Waals surface area contributed by atoms with E-state index in [1.54, 1.807) is 26.0 Å². The van der Waals surface area contributed by atoms with E-state index in [9.17, 15) is 9.59 Å². The first-order valence-electron chi connectivity index (χ1n) is 5.09. The summed E-state index contributed by atoms with van der Waals surface area (Å²) >= 11 is 0. The minimum atomic E-state index is 0.0227. The van der Waals surface area contributed by atoms with Crippen molar-refractivity contribution in [2.75, 3.05) is 0 Å². The Morgan fingerprint density at radius 3 is 1.87 bits per heavy atom. The number of hydrogen-bond acceptors (Lipinski definition) is 3. The van der Waals surface area contributed by atoms with Gasteiger partial charge in [-0.15, -0.1) is 0 Å². The standard InChI is InChI=1S/C12H12O3/c1-3-10(13)8-5-7-6-9(11(14)4-2)12(8)15-7/h5-6H,3-4H2,1-2H3. The highest BCUT2D eigenvalue weighted by atomic mass is 16.3. The van der Waals surface area contributed by atoms with E-state index in [1.807, 2.05) is 0 Å². The molecule has 2 heterocycles.